The number of rotatable bonds is 1. The predicted molar refractivity (Wildman–Crippen MR) is 101 cm³/mol. The van der Waals surface area contributed by atoms with Crippen LogP contribution in [0.1, 0.15) is 14.6 Å². The van der Waals surface area contributed by atoms with Crippen LogP contribution in [-0.4, -0.2) is 4.57 Å². The van der Waals surface area contributed by atoms with E-state index in [4.69, 9.17) is 0 Å². The maximum Gasteiger partial charge on any atom is 0.267 e. The molecule has 0 saturated carbocycles. The monoisotopic (exact) mass is 359 g/mol. The number of hydrogen-bond acceptors (Lipinski definition) is 5. The van der Waals surface area contributed by atoms with Crippen molar-refractivity contribution >= 4 is 54.2 Å². The van der Waals surface area contributed by atoms with Gasteiger partial charge in [0.05, 0.1) is 20.2 Å². The molecule has 0 unspecified atom stereocenters. The van der Waals surface area contributed by atoms with Gasteiger partial charge in [0.2, 0.25) is 0 Å². The van der Waals surface area contributed by atoms with Gasteiger partial charge in [-0.05, 0) is 45.0 Å². The Morgan fingerprint density at radius 3 is 1.70 bits per heavy atom. The molecule has 23 heavy (non-hydrogen) atoms. The van der Waals surface area contributed by atoms with Crippen LogP contribution in [0.4, 0.5) is 0 Å². The molecule has 0 fully saturated rings. The molecule has 4 aromatic heterocycles. The van der Waals surface area contributed by atoms with Crippen molar-refractivity contribution in [3.05, 3.63) is 59.6 Å². The van der Waals surface area contributed by atoms with Crippen LogP contribution < -0.4 is 11.1 Å². The van der Waals surface area contributed by atoms with E-state index in [0.717, 1.165) is 24.0 Å². The zero-order valence-electron chi connectivity index (χ0n) is 12.8. The number of hydrogen-bond donors (Lipinski definition) is 0. The molecule has 4 rings (SSSR count). The van der Waals surface area contributed by atoms with Gasteiger partial charge in [-0.25, -0.2) is 4.57 Å². The summed E-state index contributed by atoms with van der Waals surface area (Å²) in [6, 6.07) is 7.57. The minimum atomic E-state index is -0.225. The van der Waals surface area contributed by atoms with Crippen LogP contribution in [0.2, 0.25) is 0 Å². The molecule has 0 aliphatic heterocycles. The average Bonchev–Trinajstić information content (AvgIpc) is 3.16. The first kappa shape index (κ1) is 14.8. The van der Waals surface area contributed by atoms with E-state index >= 15 is 0 Å². The lowest BCUT2D eigenvalue weighted by Gasteiger charge is -1.96. The second-order valence-corrected chi connectivity index (χ2v) is 9.31. The van der Waals surface area contributed by atoms with Crippen LogP contribution >= 0.6 is 34.0 Å². The SMILES string of the molecule is Cc1ccc(-n2c(=O)c3cc(C)sc3c3sc(C)cc3c2=O)s1. The summed E-state index contributed by atoms with van der Waals surface area (Å²) in [5, 5.41) is 1.95. The number of aromatic nitrogens is 1. The molecule has 0 aliphatic rings. The molecule has 3 nitrogen and oxygen atoms in total. The Labute approximate surface area is 144 Å². The van der Waals surface area contributed by atoms with E-state index < -0.39 is 0 Å². The summed E-state index contributed by atoms with van der Waals surface area (Å²) in [6.45, 7) is 5.96. The molecule has 6 heteroatoms. The summed E-state index contributed by atoms with van der Waals surface area (Å²) in [7, 11) is 0. The minimum absolute atomic E-state index is 0.225. The molecule has 0 aliphatic carbocycles. The highest BCUT2D eigenvalue weighted by molar-refractivity contribution is 7.27. The second-order valence-electron chi connectivity index (χ2n) is 5.53. The molecule has 0 amide bonds. The van der Waals surface area contributed by atoms with E-state index in [1.54, 1.807) is 22.7 Å². The lowest BCUT2D eigenvalue weighted by Crippen LogP contribution is -2.27. The third kappa shape index (κ3) is 2.21. The van der Waals surface area contributed by atoms with Crippen LogP contribution in [0.15, 0.2) is 33.9 Å². The van der Waals surface area contributed by atoms with Gasteiger partial charge in [-0.15, -0.1) is 34.0 Å². The van der Waals surface area contributed by atoms with Crippen molar-refractivity contribution in [3.63, 3.8) is 0 Å². The topological polar surface area (TPSA) is 39.1 Å². The lowest BCUT2D eigenvalue weighted by atomic mass is 10.3. The molecular formula is C17H13NO2S3. The van der Waals surface area contributed by atoms with E-state index in [-0.39, 0.29) is 11.1 Å². The Balaban J connectivity index is 2.34. The van der Waals surface area contributed by atoms with E-state index in [0.29, 0.717) is 15.8 Å². The summed E-state index contributed by atoms with van der Waals surface area (Å²) in [4.78, 5) is 29.3. The van der Waals surface area contributed by atoms with Gasteiger partial charge in [0.15, 0.2) is 0 Å². The van der Waals surface area contributed by atoms with E-state index in [1.165, 1.54) is 15.9 Å². The lowest BCUT2D eigenvalue weighted by molar-refractivity contribution is 0.999. The number of aryl methyl sites for hydroxylation is 3. The first-order valence-electron chi connectivity index (χ1n) is 7.12. The average molecular weight is 359 g/mol. The van der Waals surface area contributed by atoms with Crippen molar-refractivity contribution in [3.8, 4) is 5.00 Å². The maximum absolute atomic E-state index is 13.0. The summed E-state index contributed by atoms with van der Waals surface area (Å²) < 4.78 is 3.18. The van der Waals surface area contributed by atoms with Crippen molar-refractivity contribution < 1.29 is 0 Å². The molecule has 0 spiro atoms. The Morgan fingerprint density at radius 1 is 0.739 bits per heavy atom. The highest BCUT2D eigenvalue weighted by Gasteiger charge is 2.16. The number of fused-ring (bicyclic) bond motifs is 3. The first-order chi connectivity index (χ1) is 11.0. The normalized spacial score (nSPS) is 11.6. The van der Waals surface area contributed by atoms with Crippen LogP contribution in [-0.2, 0) is 0 Å². The predicted octanol–water partition coefficient (Wildman–Crippen LogP) is 4.61. The Kier molecular flexibility index (Phi) is 3.30. The standard InChI is InChI=1S/C17H13NO2S3/c1-8-4-5-13(21-8)18-16(19)11-6-9(2)22-14(11)15-12(17(18)20)7-10(3)23-15/h4-7H,1-3H3. The maximum atomic E-state index is 13.0. The molecule has 116 valence electrons. The van der Waals surface area contributed by atoms with Gasteiger partial charge in [0, 0.05) is 14.6 Å². The van der Waals surface area contributed by atoms with Crippen molar-refractivity contribution in [2.75, 3.05) is 0 Å². The summed E-state index contributed by atoms with van der Waals surface area (Å²) in [6.07, 6.45) is 0. The second kappa shape index (κ2) is 5.12. The largest absolute Gasteiger partial charge is 0.268 e. The van der Waals surface area contributed by atoms with Gasteiger partial charge in [-0.3, -0.25) is 9.59 Å². The summed E-state index contributed by atoms with van der Waals surface area (Å²) >= 11 is 4.63. The Hall–Kier alpha value is -1.76. The van der Waals surface area contributed by atoms with E-state index in [1.807, 2.05) is 45.0 Å². The molecule has 0 N–H and O–H groups in total. The van der Waals surface area contributed by atoms with Crippen LogP contribution in [0.25, 0.3) is 25.2 Å². The fourth-order valence-electron chi connectivity index (χ4n) is 2.76. The van der Waals surface area contributed by atoms with Crippen molar-refractivity contribution in [2.24, 2.45) is 0 Å². The van der Waals surface area contributed by atoms with E-state index in [9.17, 15) is 9.59 Å². The number of nitrogens with zero attached hydrogens (tertiary/aromatic N) is 1. The molecule has 0 aromatic carbocycles. The van der Waals surface area contributed by atoms with Gasteiger partial charge >= 0.3 is 0 Å². The Morgan fingerprint density at radius 2 is 1.26 bits per heavy atom. The summed E-state index contributed by atoms with van der Waals surface area (Å²) in [5.74, 6) is 0. The smallest absolute Gasteiger partial charge is 0.267 e. The third-order valence-electron chi connectivity index (χ3n) is 3.73. The van der Waals surface area contributed by atoms with Crippen LogP contribution in [0, 0.1) is 20.8 Å². The highest BCUT2D eigenvalue weighted by atomic mass is 32.1. The van der Waals surface area contributed by atoms with Crippen LogP contribution in [0.3, 0.4) is 0 Å². The zero-order valence-corrected chi connectivity index (χ0v) is 15.2. The Bertz CT molecular complexity index is 1120. The zero-order chi connectivity index (χ0) is 16.3. The van der Waals surface area contributed by atoms with E-state index in [2.05, 4.69) is 0 Å². The van der Waals surface area contributed by atoms with Crippen molar-refractivity contribution in [1.82, 2.24) is 4.57 Å². The fraction of sp³-hybridized carbons (Fsp3) is 0.176. The van der Waals surface area contributed by atoms with Gasteiger partial charge in [0.25, 0.3) is 11.1 Å². The van der Waals surface area contributed by atoms with Crippen molar-refractivity contribution in [1.29, 1.82) is 0 Å². The molecular weight excluding hydrogens is 346 g/mol. The molecule has 0 bridgehead atoms. The van der Waals surface area contributed by atoms with Crippen LogP contribution in [0.5, 0.6) is 0 Å². The third-order valence-corrected chi connectivity index (χ3v) is 6.98. The highest BCUT2D eigenvalue weighted by Crippen LogP contribution is 2.33. The summed E-state index contributed by atoms with van der Waals surface area (Å²) in [5.41, 5.74) is -0.450. The molecule has 0 atom stereocenters. The van der Waals surface area contributed by atoms with Gasteiger partial charge in [0.1, 0.15) is 5.00 Å². The quantitative estimate of drug-likeness (QED) is 0.498. The molecule has 0 saturated heterocycles. The first-order valence-corrected chi connectivity index (χ1v) is 9.57. The molecule has 4 aromatic rings. The number of thiophene rings is 3. The van der Waals surface area contributed by atoms with Crippen molar-refractivity contribution in [2.45, 2.75) is 20.8 Å². The molecule has 0 radical (unpaired) electrons. The minimum Gasteiger partial charge on any atom is -0.268 e. The van der Waals surface area contributed by atoms with Gasteiger partial charge in [-0.1, -0.05) is 0 Å². The van der Waals surface area contributed by atoms with Gasteiger partial charge < -0.3 is 0 Å². The molecule has 4 heterocycles. The van der Waals surface area contributed by atoms with Gasteiger partial charge in [-0.2, -0.15) is 0 Å². The fourth-order valence-corrected chi connectivity index (χ4v) is 5.78.